The van der Waals surface area contributed by atoms with E-state index in [1.165, 1.54) is 0 Å². The summed E-state index contributed by atoms with van der Waals surface area (Å²) in [5.74, 6) is 0. The number of nitrogens with one attached hydrogen (secondary N) is 1. The maximum Gasteiger partial charge on any atom is 0.0572 e. The zero-order valence-electron chi connectivity index (χ0n) is 11.7. The molecule has 2 unspecified atom stereocenters. The zero-order chi connectivity index (χ0) is 13.1. The number of likely N-dealkylation sites (N-methyl/N-ethyl adjacent to an activating group) is 2. The van der Waals surface area contributed by atoms with Gasteiger partial charge >= 0.3 is 0 Å². The first-order valence-electron chi connectivity index (χ1n) is 6.08. The Labute approximate surface area is 105 Å². The summed E-state index contributed by atoms with van der Waals surface area (Å²) in [6.07, 6.45) is 7.40. The number of rotatable bonds is 5. The molecule has 98 valence electrons. The van der Waals surface area contributed by atoms with Gasteiger partial charge in [-0.3, -0.25) is 0 Å². The van der Waals surface area contributed by atoms with Crippen LogP contribution in [0.25, 0.3) is 0 Å². The van der Waals surface area contributed by atoms with Gasteiger partial charge in [-0.2, -0.15) is 0 Å². The van der Waals surface area contributed by atoms with Gasteiger partial charge in [-0.25, -0.2) is 0 Å². The lowest BCUT2D eigenvalue weighted by Crippen LogP contribution is -2.58. The number of nitrogens with two attached hydrogens (primary N) is 1. The van der Waals surface area contributed by atoms with Crippen LogP contribution in [0.4, 0.5) is 0 Å². The van der Waals surface area contributed by atoms with Crippen molar-refractivity contribution in [3.8, 4) is 0 Å². The number of hydrogen-bond acceptors (Lipinski definition) is 4. The Morgan fingerprint density at radius 1 is 1.35 bits per heavy atom. The molecule has 0 saturated carbocycles. The van der Waals surface area contributed by atoms with Crippen LogP contribution in [0, 0.1) is 0 Å². The van der Waals surface area contributed by atoms with Gasteiger partial charge in [0, 0.05) is 5.70 Å². The maximum atomic E-state index is 5.90. The summed E-state index contributed by atoms with van der Waals surface area (Å²) < 4.78 is 0. The summed E-state index contributed by atoms with van der Waals surface area (Å²) in [5, 5.41) is 3.47. The van der Waals surface area contributed by atoms with E-state index in [9.17, 15) is 0 Å². The van der Waals surface area contributed by atoms with Crippen molar-refractivity contribution in [2.24, 2.45) is 5.73 Å². The Hall–Kier alpha value is -0.840. The van der Waals surface area contributed by atoms with Gasteiger partial charge in [0.15, 0.2) is 0 Å². The Morgan fingerprint density at radius 3 is 2.47 bits per heavy atom. The number of allylic oxidation sites excluding steroid dienone is 1. The van der Waals surface area contributed by atoms with Gasteiger partial charge in [-0.05, 0) is 60.4 Å². The zero-order valence-corrected chi connectivity index (χ0v) is 11.7. The molecule has 0 bridgehead atoms. The van der Waals surface area contributed by atoms with Crippen molar-refractivity contribution >= 4 is 0 Å². The number of hydrogen-bond donors (Lipinski definition) is 2. The fourth-order valence-electron chi connectivity index (χ4n) is 2.34. The standard InChI is InChI=1S/C13H26N4/c1-15-13(8-9-16(2)3)7-6-11(14)10-12(13)17(4)5/h6-7,10,12,15H,8-9,14H2,1-5H3. The number of nitrogens with zero attached hydrogens (tertiary/aromatic N) is 2. The lowest BCUT2D eigenvalue weighted by atomic mass is 9.81. The molecule has 0 spiro atoms. The molecule has 0 fully saturated rings. The predicted molar refractivity (Wildman–Crippen MR) is 73.8 cm³/mol. The molecule has 4 heteroatoms. The second-order valence-electron chi connectivity index (χ2n) is 5.25. The van der Waals surface area contributed by atoms with E-state index in [1.54, 1.807) is 0 Å². The fraction of sp³-hybridized carbons (Fsp3) is 0.692. The van der Waals surface area contributed by atoms with E-state index < -0.39 is 0 Å². The molecule has 0 aromatic heterocycles. The Kier molecular flexibility index (Phi) is 4.74. The van der Waals surface area contributed by atoms with Gasteiger partial charge < -0.3 is 20.9 Å². The van der Waals surface area contributed by atoms with Crippen molar-refractivity contribution in [1.29, 1.82) is 0 Å². The lowest BCUT2D eigenvalue weighted by molar-refractivity contribution is 0.197. The molecule has 1 rings (SSSR count). The summed E-state index contributed by atoms with van der Waals surface area (Å²) >= 11 is 0. The normalized spacial score (nSPS) is 28.9. The molecular formula is C13H26N4. The van der Waals surface area contributed by atoms with E-state index in [2.05, 4.69) is 55.5 Å². The average Bonchev–Trinajstić information content (AvgIpc) is 2.27. The summed E-state index contributed by atoms with van der Waals surface area (Å²) in [5.41, 5.74) is 6.72. The molecule has 1 aliphatic carbocycles. The minimum Gasteiger partial charge on any atom is -0.399 e. The highest BCUT2D eigenvalue weighted by Crippen LogP contribution is 2.26. The van der Waals surface area contributed by atoms with Crippen LogP contribution in [-0.2, 0) is 0 Å². The summed E-state index contributed by atoms with van der Waals surface area (Å²) in [6, 6.07) is 0.289. The molecule has 0 saturated heterocycles. The molecule has 4 nitrogen and oxygen atoms in total. The van der Waals surface area contributed by atoms with Gasteiger partial charge in [0.2, 0.25) is 0 Å². The molecule has 2 atom stereocenters. The second kappa shape index (κ2) is 5.67. The van der Waals surface area contributed by atoms with Gasteiger partial charge in [0.05, 0.1) is 11.6 Å². The van der Waals surface area contributed by atoms with E-state index in [1.807, 2.05) is 13.1 Å². The monoisotopic (exact) mass is 238 g/mol. The molecule has 0 aromatic carbocycles. The van der Waals surface area contributed by atoms with Crippen LogP contribution in [0.3, 0.4) is 0 Å². The summed E-state index contributed by atoms with van der Waals surface area (Å²) in [7, 11) is 10.4. The van der Waals surface area contributed by atoms with Crippen LogP contribution in [-0.4, -0.2) is 63.2 Å². The predicted octanol–water partition coefficient (Wildman–Crippen LogP) is 0.239. The van der Waals surface area contributed by atoms with E-state index >= 15 is 0 Å². The molecule has 17 heavy (non-hydrogen) atoms. The van der Waals surface area contributed by atoms with Gasteiger partial charge in [-0.1, -0.05) is 6.08 Å². The SMILES string of the molecule is CNC1(CCN(C)C)C=CC(N)=CC1N(C)C. The van der Waals surface area contributed by atoms with Crippen molar-refractivity contribution in [2.75, 3.05) is 41.8 Å². The quantitative estimate of drug-likeness (QED) is 0.720. The molecule has 0 radical (unpaired) electrons. The van der Waals surface area contributed by atoms with Crippen molar-refractivity contribution < 1.29 is 0 Å². The van der Waals surface area contributed by atoms with Crippen molar-refractivity contribution in [1.82, 2.24) is 15.1 Å². The van der Waals surface area contributed by atoms with Crippen molar-refractivity contribution in [3.63, 3.8) is 0 Å². The molecule has 0 heterocycles. The Morgan fingerprint density at radius 2 is 2.00 bits per heavy atom. The lowest BCUT2D eigenvalue weighted by Gasteiger charge is -2.43. The summed E-state index contributed by atoms with van der Waals surface area (Å²) in [6.45, 7) is 1.04. The minimum absolute atomic E-state index is 0.0311. The topological polar surface area (TPSA) is 44.5 Å². The minimum atomic E-state index is -0.0311. The third-order valence-corrected chi connectivity index (χ3v) is 3.45. The largest absolute Gasteiger partial charge is 0.399 e. The average molecular weight is 238 g/mol. The highest BCUT2D eigenvalue weighted by molar-refractivity contribution is 5.32. The molecule has 0 amide bonds. The molecule has 0 aromatic rings. The Bertz CT molecular complexity index is 307. The maximum absolute atomic E-state index is 5.90. The van der Waals surface area contributed by atoms with Gasteiger partial charge in [0.1, 0.15) is 0 Å². The van der Waals surface area contributed by atoms with E-state index in [4.69, 9.17) is 5.73 Å². The second-order valence-corrected chi connectivity index (χ2v) is 5.25. The van der Waals surface area contributed by atoms with Crippen molar-refractivity contribution in [3.05, 3.63) is 23.9 Å². The molecule has 3 N–H and O–H groups in total. The van der Waals surface area contributed by atoms with Crippen molar-refractivity contribution in [2.45, 2.75) is 18.0 Å². The third kappa shape index (κ3) is 3.31. The first-order chi connectivity index (χ1) is 7.91. The van der Waals surface area contributed by atoms with Crippen LogP contribution in [0.5, 0.6) is 0 Å². The van der Waals surface area contributed by atoms with Gasteiger partial charge in [0.25, 0.3) is 0 Å². The van der Waals surface area contributed by atoms with Crippen LogP contribution >= 0.6 is 0 Å². The third-order valence-electron chi connectivity index (χ3n) is 3.45. The first kappa shape index (κ1) is 14.2. The first-order valence-corrected chi connectivity index (χ1v) is 6.08. The summed E-state index contributed by atoms with van der Waals surface area (Å²) in [4.78, 5) is 4.42. The molecule has 1 aliphatic rings. The van der Waals surface area contributed by atoms with Crippen LogP contribution in [0.15, 0.2) is 23.9 Å². The smallest absolute Gasteiger partial charge is 0.0572 e. The van der Waals surface area contributed by atoms with Gasteiger partial charge in [-0.15, -0.1) is 0 Å². The van der Waals surface area contributed by atoms with E-state index in [0.29, 0.717) is 0 Å². The molecule has 0 aliphatic heterocycles. The highest BCUT2D eigenvalue weighted by Gasteiger charge is 2.36. The molecular weight excluding hydrogens is 212 g/mol. The van der Waals surface area contributed by atoms with E-state index in [-0.39, 0.29) is 11.6 Å². The Balaban J connectivity index is 2.91. The van der Waals surface area contributed by atoms with Crippen LogP contribution in [0.1, 0.15) is 6.42 Å². The highest BCUT2D eigenvalue weighted by atomic mass is 15.2. The fourth-order valence-corrected chi connectivity index (χ4v) is 2.34. The van der Waals surface area contributed by atoms with Crippen LogP contribution in [0.2, 0.25) is 0 Å². The van der Waals surface area contributed by atoms with Crippen LogP contribution < -0.4 is 11.1 Å². The van der Waals surface area contributed by atoms with E-state index in [0.717, 1.165) is 18.7 Å².